The second kappa shape index (κ2) is 5.53. The Hall–Kier alpha value is -1.35. The molecule has 98 valence electrons. The number of aryl methyl sites for hydroxylation is 1. The minimum Gasteiger partial charge on any atom is -0.337 e. The first-order valence-corrected chi connectivity index (χ1v) is 6.72. The number of nitrogens with zero attached hydrogens (tertiary/aromatic N) is 1. The quantitative estimate of drug-likeness (QED) is 0.887. The molecule has 1 unspecified atom stereocenters. The lowest BCUT2D eigenvalue weighted by molar-refractivity contribution is 0.0743. The molecule has 1 aromatic carbocycles. The summed E-state index contributed by atoms with van der Waals surface area (Å²) >= 11 is 0. The summed E-state index contributed by atoms with van der Waals surface area (Å²) < 4.78 is 0. The molecule has 2 N–H and O–H groups in total. The maximum Gasteiger partial charge on any atom is 0.254 e. The smallest absolute Gasteiger partial charge is 0.254 e. The molecule has 0 aliphatic carbocycles. The molecule has 2 rings (SSSR count). The Labute approximate surface area is 109 Å². The van der Waals surface area contributed by atoms with E-state index in [1.54, 1.807) is 0 Å². The van der Waals surface area contributed by atoms with E-state index in [4.69, 9.17) is 5.73 Å². The molecule has 0 bridgehead atoms. The highest BCUT2D eigenvalue weighted by atomic mass is 16.2. The first kappa shape index (κ1) is 13.1. The van der Waals surface area contributed by atoms with E-state index in [9.17, 15) is 4.79 Å². The number of rotatable bonds is 3. The highest BCUT2D eigenvalue weighted by Crippen LogP contribution is 2.19. The third kappa shape index (κ3) is 2.72. The Bertz CT molecular complexity index is 428. The van der Waals surface area contributed by atoms with Gasteiger partial charge >= 0.3 is 0 Å². The minimum atomic E-state index is 0.0548. The van der Waals surface area contributed by atoms with Crippen LogP contribution in [0.25, 0.3) is 0 Å². The highest BCUT2D eigenvalue weighted by molar-refractivity contribution is 5.96. The largest absolute Gasteiger partial charge is 0.337 e. The van der Waals surface area contributed by atoms with Crippen molar-refractivity contribution in [2.45, 2.75) is 32.7 Å². The number of hydrogen-bond acceptors (Lipinski definition) is 2. The zero-order valence-corrected chi connectivity index (χ0v) is 11.2. The van der Waals surface area contributed by atoms with Crippen molar-refractivity contribution >= 4 is 5.91 Å². The molecule has 1 atom stereocenters. The zero-order chi connectivity index (χ0) is 13.1. The van der Waals surface area contributed by atoms with Crippen molar-refractivity contribution in [2.24, 2.45) is 11.7 Å². The number of fused-ring (bicyclic) bond motifs is 1. The summed E-state index contributed by atoms with van der Waals surface area (Å²) in [6.07, 6.45) is 2.00. The lowest BCUT2D eigenvalue weighted by atomic mass is 10.0. The number of amides is 1. The lowest BCUT2D eigenvalue weighted by Gasteiger charge is -2.26. The van der Waals surface area contributed by atoms with Crippen molar-refractivity contribution in [3.63, 3.8) is 0 Å². The van der Waals surface area contributed by atoms with E-state index >= 15 is 0 Å². The average molecular weight is 246 g/mol. The van der Waals surface area contributed by atoms with Gasteiger partial charge in [0.05, 0.1) is 0 Å². The molecule has 1 aliphatic rings. The zero-order valence-electron chi connectivity index (χ0n) is 11.2. The number of carbonyl (C=O) groups excluding carboxylic acids is 1. The molecule has 0 spiro atoms. The van der Waals surface area contributed by atoms with Gasteiger partial charge in [0.15, 0.2) is 0 Å². The van der Waals surface area contributed by atoms with Crippen LogP contribution in [0.15, 0.2) is 24.3 Å². The van der Waals surface area contributed by atoms with Gasteiger partial charge in [0.2, 0.25) is 0 Å². The van der Waals surface area contributed by atoms with E-state index in [1.165, 1.54) is 5.56 Å². The van der Waals surface area contributed by atoms with Gasteiger partial charge in [-0.05, 0) is 30.4 Å². The summed E-state index contributed by atoms with van der Waals surface area (Å²) in [5.74, 6) is 0.537. The van der Waals surface area contributed by atoms with Crippen molar-refractivity contribution in [2.75, 3.05) is 13.1 Å². The first-order chi connectivity index (χ1) is 8.59. The van der Waals surface area contributed by atoms with Gasteiger partial charge in [0.25, 0.3) is 5.91 Å². The molecular weight excluding hydrogens is 224 g/mol. The molecular formula is C15H22N2O. The molecule has 1 heterocycles. The van der Waals surface area contributed by atoms with Gasteiger partial charge in [0, 0.05) is 24.7 Å². The molecule has 0 saturated carbocycles. The van der Waals surface area contributed by atoms with Crippen LogP contribution in [-0.4, -0.2) is 29.9 Å². The Balaban J connectivity index is 2.18. The van der Waals surface area contributed by atoms with Crippen LogP contribution in [-0.2, 0) is 6.42 Å². The maximum atomic E-state index is 12.5. The van der Waals surface area contributed by atoms with Gasteiger partial charge in [-0.15, -0.1) is 0 Å². The minimum absolute atomic E-state index is 0.0548. The Morgan fingerprint density at radius 2 is 2.06 bits per heavy atom. The molecule has 0 fully saturated rings. The molecule has 1 aliphatic heterocycles. The Kier molecular flexibility index (Phi) is 4.02. The predicted octanol–water partition coefficient (Wildman–Crippen LogP) is 2.06. The third-order valence-corrected chi connectivity index (χ3v) is 3.70. The van der Waals surface area contributed by atoms with Crippen molar-refractivity contribution in [3.8, 4) is 0 Å². The first-order valence-electron chi connectivity index (χ1n) is 6.72. The molecule has 0 aromatic heterocycles. The standard InChI is InChI=1S/C15H22N2O/c1-11(2)14(16)10-17-9-5-7-12-6-3-4-8-13(12)15(17)18/h3-4,6,8,11,14H,5,7,9-10,16H2,1-2H3. The maximum absolute atomic E-state index is 12.5. The van der Waals surface area contributed by atoms with Crippen LogP contribution < -0.4 is 5.73 Å². The normalized spacial score (nSPS) is 17.6. The van der Waals surface area contributed by atoms with Crippen molar-refractivity contribution in [1.29, 1.82) is 0 Å². The SMILES string of the molecule is CC(C)C(N)CN1CCCc2ccccc2C1=O. The summed E-state index contributed by atoms with van der Waals surface area (Å²) in [5, 5.41) is 0. The summed E-state index contributed by atoms with van der Waals surface area (Å²) in [7, 11) is 0. The van der Waals surface area contributed by atoms with Crippen LogP contribution in [0.5, 0.6) is 0 Å². The van der Waals surface area contributed by atoms with E-state index in [-0.39, 0.29) is 11.9 Å². The van der Waals surface area contributed by atoms with Crippen LogP contribution in [0, 0.1) is 5.92 Å². The fraction of sp³-hybridized carbons (Fsp3) is 0.533. The Morgan fingerprint density at radius 3 is 2.78 bits per heavy atom. The van der Waals surface area contributed by atoms with Gasteiger partial charge in [-0.1, -0.05) is 32.0 Å². The van der Waals surface area contributed by atoms with E-state index in [0.29, 0.717) is 12.5 Å². The van der Waals surface area contributed by atoms with Crippen LogP contribution in [0.1, 0.15) is 36.2 Å². The number of nitrogens with two attached hydrogens (primary N) is 1. The third-order valence-electron chi connectivity index (χ3n) is 3.70. The van der Waals surface area contributed by atoms with E-state index in [1.807, 2.05) is 23.1 Å². The highest BCUT2D eigenvalue weighted by Gasteiger charge is 2.24. The van der Waals surface area contributed by atoms with Crippen LogP contribution in [0.2, 0.25) is 0 Å². The molecule has 3 heteroatoms. The van der Waals surface area contributed by atoms with E-state index in [0.717, 1.165) is 24.9 Å². The summed E-state index contributed by atoms with van der Waals surface area (Å²) in [6, 6.07) is 7.97. The summed E-state index contributed by atoms with van der Waals surface area (Å²) in [4.78, 5) is 14.4. The molecule has 18 heavy (non-hydrogen) atoms. The number of hydrogen-bond donors (Lipinski definition) is 1. The van der Waals surface area contributed by atoms with Gasteiger partial charge in [-0.25, -0.2) is 0 Å². The van der Waals surface area contributed by atoms with Gasteiger partial charge < -0.3 is 10.6 Å². The van der Waals surface area contributed by atoms with Crippen LogP contribution in [0.3, 0.4) is 0 Å². The molecule has 0 radical (unpaired) electrons. The number of carbonyl (C=O) groups is 1. The van der Waals surface area contributed by atoms with E-state index < -0.39 is 0 Å². The van der Waals surface area contributed by atoms with Crippen LogP contribution in [0.4, 0.5) is 0 Å². The predicted molar refractivity (Wildman–Crippen MR) is 73.5 cm³/mol. The molecule has 1 amide bonds. The summed E-state index contributed by atoms with van der Waals surface area (Å²) in [5.41, 5.74) is 8.11. The average Bonchev–Trinajstić information content (AvgIpc) is 2.51. The second-order valence-corrected chi connectivity index (χ2v) is 5.42. The fourth-order valence-electron chi connectivity index (χ4n) is 2.32. The monoisotopic (exact) mass is 246 g/mol. The summed E-state index contributed by atoms with van der Waals surface area (Å²) in [6.45, 7) is 5.67. The van der Waals surface area contributed by atoms with Crippen molar-refractivity contribution < 1.29 is 4.79 Å². The van der Waals surface area contributed by atoms with Gasteiger partial charge in [0.1, 0.15) is 0 Å². The second-order valence-electron chi connectivity index (χ2n) is 5.42. The van der Waals surface area contributed by atoms with Gasteiger partial charge in [-0.3, -0.25) is 4.79 Å². The van der Waals surface area contributed by atoms with Gasteiger partial charge in [-0.2, -0.15) is 0 Å². The lowest BCUT2D eigenvalue weighted by Crippen LogP contribution is -2.43. The molecule has 1 aromatic rings. The topological polar surface area (TPSA) is 46.3 Å². The molecule has 0 saturated heterocycles. The van der Waals surface area contributed by atoms with E-state index in [2.05, 4.69) is 19.9 Å². The fourth-order valence-corrected chi connectivity index (χ4v) is 2.32. The molecule has 3 nitrogen and oxygen atoms in total. The van der Waals surface area contributed by atoms with Crippen molar-refractivity contribution in [3.05, 3.63) is 35.4 Å². The van der Waals surface area contributed by atoms with Crippen molar-refractivity contribution in [1.82, 2.24) is 4.90 Å². The number of benzene rings is 1. The van der Waals surface area contributed by atoms with Crippen LogP contribution >= 0.6 is 0 Å². The Morgan fingerprint density at radius 1 is 1.33 bits per heavy atom.